The van der Waals surface area contributed by atoms with Gasteiger partial charge in [-0.2, -0.15) is 0 Å². The molecule has 0 unspecified atom stereocenters. The minimum Gasteiger partial charge on any atom is -0.378 e. The summed E-state index contributed by atoms with van der Waals surface area (Å²) in [4.78, 5) is 4.01. The van der Waals surface area contributed by atoms with Crippen LogP contribution < -0.4 is 4.72 Å². The highest BCUT2D eigenvalue weighted by Gasteiger charge is 2.30. The number of fused-ring (bicyclic) bond motifs is 1. The van der Waals surface area contributed by atoms with Gasteiger partial charge in [-0.25, -0.2) is 18.1 Å². The first-order valence-electron chi connectivity index (χ1n) is 5.30. The molecule has 3 heterocycles. The van der Waals surface area contributed by atoms with E-state index in [0.717, 1.165) is 0 Å². The summed E-state index contributed by atoms with van der Waals surface area (Å²) in [5.41, 5.74) is 0.493. The van der Waals surface area contributed by atoms with E-state index in [9.17, 15) is 8.42 Å². The fraction of sp³-hybridized carbons (Fsp3) is 0.300. The molecule has 96 valence electrons. The lowest BCUT2D eigenvalue weighted by Gasteiger charge is -2.26. The molecule has 0 saturated carbocycles. The van der Waals surface area contributed by atoms with E-state index in [1.165, 1.54) is 4.40 Å². The van der Waals surface area contributed by atoms with E-state index < -0.39 is 10.0 Å². The van der Waals surface area contributed by atoms with Gasteiger partial charge in [0.15, 0.2) is 10.2 Å². The van der Waals surface area contributed by atoms with Crippen LogP contribution >= 0.6 is 11.6 Å². The van der Waals surface area contributed by atoms with Crippen molar-refractivity contribution >= 4 is 27.3 Å². The third-order valence-electron chi connectivity index (χ3n) is 2.66. The number of hydrogen-bond acceptors (Lipinski definition) is 4. The Morgan fingerprint density at radius 2 is 2.22 bits per heavy atom. The fourth-order valence-electron chi connectivity index (χ4n) is 1.76. The van der Waals surface area contributed by atoms with Crippen molar-refractivity contribution in [2.75, 3.05) is 13.2 Å². The van der Waals surface area contributed by atoms with Crippen LogP contribution in [0, 0.1) is 0 Å². The van der Waals surface area contributed by atoms with Crippen LogP contribution in [0.3, 0.4) is 0 Å². The van der Waals surface area contributed by atoms with Crippen molar-refractivity contribution < 1.29 is 13.2 Å². The van der Waals surface area contributed by atoms with Gasteiger partial charge in [0.25, 0.3) is 10.0 Å². The van der Waals surface area contributed by atoms with Gasteiger partial charge in [0.1, 0.15) is 5.65 Å². The summed E-state index contributed by atoms with van der Waals surface area (Å²) in [6.45, 7) is 0.765. The van der Waals surface area contributed by atoms with Crippen LogP contribution in [-0.4, -0.2) is 37.1 Å². The molecule has 1 aliphatic rings. The molecule has 1 N–H and O–H groups in total. The summed E-state index contributed by atoms with van der Waals surface area (Å²) in [6, 6.07) is 4.98. The van der Waals surface area contributed by atoms with Crippen LogP contribution in [0.5, 0.6) is 0 Å². The lowest BCUT2D eigenvalue weighted by atomic mass is 10.3. The number of sulfonamides is 1. The summed E-state index contributed by atoms with van der Waals surface area (Å²) in [5, 5.41) is -0.0689. The van der Waals surface area contributed by atoms with Gasteiger partial charge < -0.3 is 4.74 Å². The summed E-state index contributed by atoms with van der Waals surface area (Å²) >= 11 is 5.91. The molecule has 0 atom stereocenters. The number of ether oxygens (including phenoxy) is 1. The van der Waals surface area contributed by atoms with E-state index in [0.29, 0.717) is 18.9 Å². The zero-order valence-corrected chi connectivity index (χ0v) is 10.8. The number of nitrogens with one attached hydrogen (secondary N) is 1. The minimum atomic E-state index is -3.70. The van der Waals surface area contributed by atoms with Gasteiger partial charge in [-0.3, -0.25) is 4.40 Å². The third kappa shape index (κ3) is 1.89. The van der Waals surface area contributed by atoms with E-state index >= 15 is 0 Å². The first-order chi connectivity index (χ1) is 8.58. The Labute approximate surface area is 109 Å². The largest absolute Gasteiger partial charge is 0.378 e. The number of rotatable bonds is 3. The minimum absolute atomic E-state index is 0.0334. The van der Waals surface area contributed by atoms with Crippen molar-refractivity contribution in [3.63, 3.8) is 0 Å². The summed E-state index contributed by atoms with van der Waals surface area (Å²) in [7, 11) is -3.70. The van der Waals surface area contributed by atoms with Gasteiger partial charge in [-0.05, 0) is 12.1 Å². The van der Waals surface area contributed by atoms with E-state index in [4.69, 9.17) is 16.3 Å². The maximum Gasteiger partial charge on any atom is 0.260 e. The highest BCUT2D eigenvalue weighted by atomic mass is 35.5. The predicted octanol–water partition coefficient (Wildman–Crippen LogP) is 0.665. The molecule has 1 fully saturated rings. The van der Waals surface area contributed by atoms with Gasteiger partial charge in [-0.15, -0.1) is 0 Å². The first kappa shape index (κ1) is 11.9. The maximum atomic E-state index is 12.2. The Hall–Kier alpha value is -1.15. The van der Waals surface area contributed by atoms with Gasteiger partial charge in [0.2, 0.25) is 0 Å². The van der Waals surface area contributed by atoms with Crippen LogP contribution in [0.25, 0.3) is 5.65 Å². The second-order valence-corrected chi connectivity index (χ2v) is 5.98. The summed E-state index contributed by atoms with van der Waals surface area (Å²) in [6.07, 6.45) is 1.61. The molecule has 0 aromatic carbocycles. The molecule has 2 aromatic rings. The molecule has 8 heteroatoms. The molecule has 6 nitrogen and oxygen atoms in total. The van der Waals surface area contributed by atoms with Crippen LogP contribution in [-0.2, 0) is 14.8 Å². The Morgan fingerprint density at radius 1 is 1.44 bits per heavy atom. The number of imidazole rings is 1. The van der Waals surface area contributed by atoms with Crippen molar-refractivity contribution in [1.29, 1.82) is 0 Å². The van der Waals surface area contributed by atoms with Crippen LogP contribution in [0.2, 0.25) is 5.15 Å². The van der Waals surface area contributed by atoms with Crippen LogP contribution in [0.15, 0.2) is 29.4 Å². The number of pyridine rings is 1. The maximum absolute atomic E-state index is 12.2. The number of nitrogens with zero attached hydrogens (tertiary/aromatic N) is 2. The zero-order valence-electron chi connectivity index (χ0n) is 9.21. The zero-order chi connectivity index (χ0) is 12.8. The normalized spacial score (nSPS) is 16.9. The smallest absolute Gasteiger partial charge is 0.260 e. The number of hydrogen-bond donors (Lipinski definition) is 1. The van der Waals surface area contributed by atoms with E-state index in [2.05, 4.69) is 9.71 Å². The van der Waals surface area contributed by atoms with Crippen molar-refractivity contribution in [3.8, 4) is 0 Å². The monoisotopic (exact) mass is 287 g/mol. The highest BCUT2D eigenvalue weighted by Crippen LogP contribution is 2.23. The Morgan fingerprint density at radius 3 is 2.89 bits per heavy atom. The standard InChI is InChI=1S/C10H10ClN3O3S/c11-9-10(14-4-2-1-3-8(14)12-9)18(15,16)13-7-5-17-6-7/h1-4,7,13H,5-6H2. The summed E-state index contributed by atoms with van der Waals surface area (Å²) < 4.78 is 33.4. The van der Waals surface area contributed by atoms with Crippen molar-refractivity contribution in [3.05, 3.63) is 29.5 Å². The van der Waals surface area contributed by atoms with Gasteiger partial charge in [-0.1, -0.05) is 17.7 Å². The average molecular weight is 288 g/mol. The first-order valence-corrected chi connectivity index (χ1v) is 7.17. The number of halogens is 1. The molecule has 0 bridgehead atoms. The lowest BCUT2D eigenvalue weighted by molar-refractivity contribution is 0.00479. The Kier molecular flexibility index (Phi) is 2.78. The van der Waals surface area contributed by atoms with E-state index in [1.54, 1.807) is 24.4 Å². The van der Waals surface area contributed by atoms with E-state index in [-0.39, 0.29) is 16.2 Å². The quantitative estimate of drug-likeness (QED) is 0.900. The highest BCUT2D eigenvalue weighted by molar-refractivity contribution is 7.89. The van der Waals surface area contributed by atoms with Crippen LogP contribution in [0.1, 0.15) is 0 Å². The molecule has 18 heavy (non-hydrogen) atoms. The topological polar surface area (TPSA) is 72.7 Å². The molecule has 0 aliphatic carbocycles. The average Bonchev–Trinajstić information content (AvgIpc) is 2.60. The second-order valence-electron chi connectivity index (χ2n) is 3.99. The van der Waals surface area contributed by atoms with Gasteiger partial charge in [0.05, 0.1) is 19.3 Å². The predicted molar refractivity (Wildman–Crippen MR) is 65.1 cm³/mol. The third-order valence-corrected chi connectivity index (χ3v) is 4.58. The fourth-order valence-corrected chi connectivity index (χ4v) is 3.61. The molecule has 0 amide bonds. The molecule has 2 aromatic heterocycles. The molecule has 0 radical (unpaired) electrons. The second kappa shape index (κ2) is 4.20. The molecule has 1 aliphatic heterocycles. The van der Waals surface area contributed by atoms with Gasteiger partial charge in [0, 0.05) is 6.20 Å². The van der Waals surface area contributed by atoms with E-state index in [1.807, 2.05) is 0 Å². The van der Waals surface area contributed by atoms with Gasteiger partial charge >= 0.3 is 0 Å². The van der Waals surface area contributed by atoms with Crippen molar-refractivity contribution in [1.82, 2.24) is 14.1 Å². The molecular weight excluding hydrogens is 278 g/mol. The Bertz CT molecular complexity index is 693. The molecule has 1 saturated heterocycles. The molecule has 3 rings (SSSR count). The van der Waals surface area contributed by atoms with Crippen molar-refractivity contribution in [2.45, 2.75) is 11.1 Å². The number of aromatic nitrogens is 2. The Balaban J connectivity index is 2.09. The van der Waals surface area contributed by atoms with Crippen molar-refractivity contribution in [2.24, 2.45) is 0 Å². The lowest BCUT2D eigenvalue weighted by Crippen LogP contribution is -2.48. The molecular formula is C10H10ClN3O3S. The summed E-state index contributed by atoms with van der Waals surface area (Å²) in [5.74, 6) is 0. The molecule has 0 spiro atoms. The SMILES string of the molecule is O=S(=O)(NC1COC1)c1c(Cl)nc2ccccn12. The van der Waals surface area contributed by atoms with Crippen LogP contribution in [0.4, 0.5) is 0 Å².